The number of hydrogen-bond donors (Lipinski definition) is 1. The Kier molecular flexibility index (Phi) is 7.90. The van der Waals surface area contributed by atoms with E-state index >= 15 is 0 Å². The fourth-order valence-electron chi connectivity index (χ4n) is 4.57. The third-order valence-corrected chi connectivity index (χ3v) is 6.28. The topological polar surface area (TPSA) is 98.6 Å². The Hall–Kier alpha value is -4.40. The molecule has 9 nitrogen and oxygen atoms in total. The second-order valence-corrected chi connectivity index (χ2v) is 10.6. The van der Waals surface area contributed by atoms with Gasteiger partial charge in [-0.1, -0.05) is 35.0 Å². The Bertz CT molecular complexity index is 1480. The van der Waals surface area contributed by atoms with Crippen molar-refractivity contribution in [1.29, 1.82) is 0 Å². The fraction of sp³-hybridized carbons (Fsp3) is 0.333. The van der Waals surface area contributed by atoms with Crippen LogP contribution in [-0.4, -0.2) is 46.6 Å². The molecule has 1 atom stereocenters. The number of hydrogen-bond acceptors (Lipinski definition) is 6. The Morgan fingerprint density at radius 1 is 0.974 bits per heavy atom. The van der Waals surface area contributed by atoms with Crippen LogP contribution in [0.1, 0.15) is 43.5 Å². The van der Waals surface area contributed by atoms with Crippen LogP contribution in [0.4, 0.5) is 5.69 Å². The number of amides is 2. The average Bonchev–Trinajstić information content (AvgIpc) is 3.28. The molecule has 0 saturated heterocycles. The zero-order valence-electron chi connectivity index (χ0n) is 23.5. The Balaban J connectivity index is 1.91. The van der Waals surface area contributed by atoms with Crippen LogP contribution in [0.2, 0.25) is 0 Å². The summed E-state index contributed by atoms with van der Waals surface area (Å²) in [5, 5.41) is 11.5. The van der Waals surface area contributed by atoms with E-state index in [0.717, 1.165) is 16.6 Å². The van der Waals surface area contributed by atoms with Crippen molar-refractivity contribution in [2.24, 2.45) is 0 Å². The summed E-state index contributed by atoms with van der Waals surface area (Å²) in [5.41, 5.74) is 3.93. The van der Waals surface area contributed by atoms with Crippen LogP contribution in [0, 0.1) is 13.8 Å². The molecule has 0 saturated carbocycles. The molecular weight excluding hydrogens is 494 g/mol. The molecule has 9 heteroatoms. The van der Waals surface area contributed by atoms with Gasteiger partial charge in [0, 0.05) is 17.3 Å². The van der Waals surface area contributed by atoms with Crippen LogP contribution >= 0.6 is 0 Å². The van der Waals surface area contributed by atoms with Crippen molar-refractivity contribution < 1.29 is 19.1 Å². The van der Waals surface area contributed by atoms with Crippen LogP contribution in [0.5, 0.6) is 11.5 Å². The van der Waals surface area contributed by atoms with Crippen LogP contribution in [0.25, 0.3) is 11.0 Å². The lowest BCUT2D eigenvalue weighted by molar-refractivity contribution is -0.128. The van der Waals surface area contributed by atoms with E-state index in [4.69, 9.17) is 9.47 Å². The van der Waals surface area contributed by atoms with Gasteiger partial charge in [-0.3, -0.25) is 14.5 Å². The number of benzene rings is 3. The van der Waals surface area contributed by atoms with E-state index in [2.05, 4.69) is 15.6 Å². The number of nitrogens with one attached hydrogen (secondary N) is 1. The normalized spacial score (nSPS) is 12.2. The largest absolute Gasteiger partial charge is 0.497 e. The number of aromatic nitrogens is 3. The molecule has 4 aromatic rings. The summed E-state index contributed by atoms with van der Waals surface area (Å²) in [4.78, 5) is 29.9. The predicted molar refractivity (Wildman–Crippen MR) is 151 cm³/mol. The van der Waals surface area contributed by atoms with Crippen LogP contribution in [-0.2, 0) is 16.1 Å². The SMILES string of the molecule is COc1cc(OC)cc(C(C(=O)NC(C)(C)C)N(C(=O)Cn2nnc3ccccc32)c2ccc(C)cc2C)c1. The predicted octanol–water partition coefficient (Wildman–Crippen LogP) is 4.75. The molecule has 1 unspecified atom stereocenters. The number of aryl methyl sites for hydroxylation is 2. The van der Waals surface area contributed by atoms with E-state index in [1.807, 2.05) is 77.1 Å². The first-order valence-electron chi connectivity index (χ1n) is 12.7. The number of ether oxygens (including phenoxy) is 2. The van der Waals surface area contributed by atoms with Gasteiger partial charge in [0.25, 0.3) is 0 Å². The lowest BCUT2D eigenvalue weighted by Crippen LogP contribution is -2.50. The number of para-hydroxylation sites is 1. The number of nitrogens with zero attached hydrogens (tertiary/aromatic N) is 4. The molecule has 1 N–H and O–H groups in total. The van der Waals surface area contributed by atoms with E-state index < -0.39 is 11.6 Å². The minimum absolute atomic E-state index is 0.117. The van der Waals surface area contributed by atoms with Gasteiger partial charge in [-0.2, -0.15) is 0 Å². The van der Waals surface area contributed by atoms with Gasteiger partial charge in [0.05, 0.1) is 19.7 Å². The van der Waals surface area contributed by atoms with Crippen molar-refractivity contribution >= 4 is 28.5 Å². The monoisotopic (exact) mass is 529 g/mol. The summed E-state index contributed by atoms with van der Waals surface area (Å²) in [7, 11) is 3.09. The molecule has 0 radical (unpaired) electrons. The van der Waals surface area contributed by atoms with Crippen molar-refractivity contribution in [1.82, 2.24) is 20.3 Å². The first-order chi connectivity index (χ1) is 18.5. The second-order valence-electron chi connectivity index (χ2n) is 10.6. The first-order valence-corrected chi connectivity index (χ1v) is 12.7. The van der Waals surface area contributed by atoms with Crippen LogP contribution < -0.4 is 19.7 Å². The zero-order chi connectivity index (χ0) is 28.3. The lowest BCUT2D eigenvalue weighted by Gasteiger charge is -2.35. The molecule has 0 aliphatic carbocycles. The Morgan fingerprint density at radius 2 is 1.64 bits per heavy atom. The highest BCUT2D eigenvalue weighted by atomic mass is 16.5. The Morgan fingerprint density at radius 3 is 2.26 bits per heavy atom. The minimum atomic E-state index is -1.03. The second kappa shape index (κ2) is 11.1. The number of methoxy groups -OCH3 is 2. The number of fused-ring (bicyclic) bond motifs is 1. The maximum absolute atomic E-state index is 14.3. The van der Waals surface area contributed by atoms with Crippen LogP contribution in [0.3, 0.4) is 0 Å². The fourth-order valence-corrected chi connectivity index (χ4v) is 4.57. The highest BCUT2D eigenvalue weighted by Gasteiger charge is 2.36. The van der Waals surface area contributed by atoms with Gasteiger partial charge in [0.15, 0.2) is 0 Å². The van der Waals surface area contributed by atoms with Crippen molar-refractivity contribution in [3.63, 3.8) is 0 Å². The summed E-state index contributed by atoms with van der Waals surface area (Å²) in [5.74, 6) is 0.351. The molecule has 0 fully saturated rings. The van der Waals surface area contributed by atoms with Crippen LogP contribution in [0.15, 0.2) is 60.7 Å². The molecule has 1 heterocycles. The number of carbonyl (C=O) groups excluding carboxylic acids is 2. The van der Waals surface area contributed by atoms with Gasteiger partial charge < -0.3 is 14.8 Å². The highest BCUT2D eigenvalue weighted by Crippen LogP contribution is 2.35. The molecule has 39 heavy (non-hydrogen) atoms. The quantitative estimate of drug-likeness (QED) is 0.354. The van der Waals surface area contributed by atoms with Gasteiger partial charge in [-0.05, 0) is 76.1 Å². The van der Waals surface area contributed by atoms with E-state index in [9.17, 15) is 9.59 Å². The molecule has 3 aromatic carbocycles. The molecule has 1 aromatic heterocycles. The molecular formula is C30H35N5O4. The van der Waals surface area contributed by atoms with Crippen molar-refractivity contribution in [2.75, 3.05) is 19.1 Å². The average molecular weight is 530 g/mol. The molecule has 204 valence electrons. The standard InChI is InChI=1S/C30H35N5O4/c1-19-12-13-25(20(2)14-19)35(27(36)18-34-26-11-9-8-10-24(26)32-33-34)28(29(37)31-30(3,4)5)21-15-22(38-6)17-23(16-21)39-7/h8-17,28H,18H2,1-7H3,(H,31,37). The van der Waals surface area contributed by atoms with Gasteiger partial charge >= 0.3 is 0 Å². The highest BCUT2D eigenvalue weighted by molar-refractivity contribution is 6.02. The number of rotatable bonds is 8. The first kappa shape index (κ1) is 27.6. The summed E-state index contributed by atoms with van der Waals surface area (Å²) < 4.78 is 12.6. The summed E-state index contributed by atoms with van der Waals surface area (Å²) in [6.45, 7) is 9.50. The zero-order valence-corrected chi connectivity index (χ0v) is 23.5. The van der Waals surface area contributed by atoms with Crippen molar-refractivity contribution in [2.45, 2.75) is 52.7 Å². The summed E-state index contributed by atoms with van der Waals surface area (Å²) >= 11 is 0. The van der Waals surface area contributed by atoms with E-state index in [-0.39, 0.29) is 18.4 Å². The maximum Gasteiger partial charge on any atom is 0.249 e. The summed E-state index contributed by atoms with van der Waals surface area (Å²) in [6.07, 6.45) is 0. The molecule has 2 amide bonds. The van der Waals surface area contributed by atoms with Crippen molar-refractivity contribution in [3.05, 3.63) is 77.4 Å². The maximum atomic E-state index is 14.3. The smallest absolute Gasteiger partial charge is 0.249 e. The lowest BCUT2D eigenvalue weighted by atomic mass is 9.98. The third kappa shape index (κ3) is 6.19. The number of anilines is 1. The van der Waals surface area contributed by atoms with Gasteiger partial charge in [0.2, 0.25) is 11.8 Å². The van der Waals surface area contributed by atoms with E-state index in [1.165, 1.54) is 0 Å². The third-order valence-electron chi connectivity index (χ3n) is 6.28. The van der Waals surface area contributed by atoms with Gasteiger partial charge in [0.1, 0.15) is 29.6 Å². The van der Waals surface area contributed by atoms with E-state index in [0.29, 0.717) is 28.3 Å². The molecule has 0 aliphatic heterocycles. The van der Waals surface area contributed by atoms with Gasteiger partial charge in [-0.15, -0.1) is 5.10 Å². The summed E-state index contributed by atoms with van der Waals surface area (Å²) in [6, 6.07) is 17.4. The van der Waals surface area contributed by atoms with E-state index in [1.54, 1.807) is 42.0 Å². The minimum Gasteiger partial charge on any atom is -0.497 e. The molecule has 0 spiro atoms. The molecule has 0 bridgehead atoms. The number of carbonyl (C=O) groups is 2. The molecule has 0 aliphatic rings. The Labute approximate surface area is 228 Å². The molecule has 4 rings (SSSR count). The van der Waals surface area contributed by atoms with Gasteiger partial charge in [-0.25, -0.2) is 4.68 Å². The van der Waals surface area contributed by atoms with Crippen molar-refractivity contribution in [3.8, 4) is 11.5 Å².